The van der Waals surface area contributed by atoms with Gasteiger partial charge in [-0.25, -0.2) is 4.39 Å². The van der Waals surface area contributed by atoms with Crippen molar-refractivity contribution in [2.45, 2.75) is 0 Å². The molecule has 1 aromatic heterocycles. The Labute approximate surface area is 73.5 Å². The van der Waals surface area contributed by atoms with Gasteiger partial charge in [-0.2, -0.15) is 5.10 Å². The number of aromatic amines is 1. The minimum atomic E-state index is -0.381. The first-order valence-electron chi connectivity index (χ1n) is 3.69. The van der Waals surface area contributed by atoms with Gasteiger partial charge < -0.3 is 10.5 Å². The molecule has 4 nitrogen and oxygen atoms in total. The highest BCUT2D eigenvalue weighted by molar-refractivity contribution is 5.94. The molecule has 1 aromatic carbocycles. The summed E-state index contributed by atoms with van der Waals surface area (Å²) in [6.45, 7) is 0. The van der Waals surface area contributed by atoms with Gasteiger partial charge >= 0.3 is 0 Å². The highest BCUT2D eigenvalue weighted by Gasteiger charge is 2.10. The number of nitrogens with two attached hydrogens (primary N) is 1. The third-order valence-electron chi connectivity index (χ3n) is 1.84. The Bertz CT molecular complexity index is 452. The predicted molar refractivity (Wildman–Crippen MR) is 47.0 cm³/mol. The zero-order valence-corrected chi connectivity index (χ0v) is 6.97. The van der Waals surface area contributed by atoms with Crippen LogP contribution >= 0.6 is 0 Å². The number of anilines is 1. The van der Waals surface area contributed by atoms with Crippen molar-refractivity contribution in [2.75, 3.05) is 12.8 Å². The molecule has 0 amide bonds. The lowest BCUT2D eigenvalue weighted by molar-refractivity contribution is 0.416. The fourth-order valence-electron chi connectivity index (χ4n) is 1.27. The number of hydrogen-bond acceptors (Lipinski definition) is 3. The van der Waals surface area contributed by atoms with Crippen LogP contribution in [-0.2, 0) is 0 Å². The zero-order chi connectivity index (χ0) is 9.42. The second kappa shape index (κ2) is 2.62. The van der Waals surface area contributed by atoms with E-state index in [1.165, 1.54) is 19.2 Å². The van der Waals surface area contributed by atoms with Crippen molar-refractivity contribution in [1.29, 1.82) is 0 Å². The van der Waals surface area contributed by atoms with Gasteiger partial charge in [-0.3, -0.25) is 5.10 Å². The molecular weight excluding hydrogens is 173 g/mol. The van der Waals surface area contributed by atoms with E-state index < -0.39 is 0 Å². The lowest BCUT2D eigenvalue weighted by Gasteiger charge is -2.01. The van der Waals surface area contributed by atoms with Gasteiger partial charge in [-0.15, -0.1) is 0 Å². The number of halogens is 1. The van der Waals surface area contributed by atoms with Crippen molar-refractivity contribution < 1.29 is 9.13 Å². The molecule has 68 valence electrons. The first-order valence-corrected chi connectivity index (χ1v) is 3.69. The SMILES string of the molecule is COc1cc(F)cc2[nH]nc(N)c12. The van der Waals surface area contributed by atoms with Crippen molar-refractivity contribution >= 4 is 16.7 Å². The summed E-state index contributed by atoms with van der Waals surface area (Å²) in [7, 11) is 1.46. The molecule has 0 unspecified atom stereocenters. The summed E-state index contributed by atoms with van der Waals surface area (Å²) in [6, 6.07) is 2.59. The Morgan fingerprint density at radius 3 is 3.00 bits per heavy atom. The van der Waals surface area contributed by atoms with Crippen molar-refractivity contribution in [1.82, 2.24) is 10.2 Å². The van der Waals surface area contributed by atoms with Crippen molar-refractivity contribution in [3.63, 3.8) is 0 Å². The topological polar surface area (TPSA) is 63.9 Å². The Morgan fingerprint density at radius 1 is 1.54 bits per heavy atom. The average molecular weight is 181 g/mol. The maximum absolute atomic E-state index is 12.9. The highest BCUT2D eigenvalue weighted by atomic mass is 19.1. The maximum atomic E-state index is 12.9. The summed E-state index contributed by atoms with van der Waals surface area (Å²) >= 11 is 0. The van der Waals surface area contributed by atoms with E-state index in [4.69, 9.17) is 10.5 Å². The number of ether oxygens (including phenoxy) is 1. The number of rotatable bonds is 1. The number of benzene rings is 1. The van der Waals surface area contributed by atoms with Gasteiger partial charge in [-0.1, -0.05) is 0 Å². The summed E-state index contributed by atoms with van der Waals surface area (Å²) in [6.07, 6.45) is 0. The first-order chi connectivity index (χ1) is 6.22. The average Bonchev–Trinajstić information content (AvgIpc) is 2.46. The molecule has 0 fully saturated rings. The molecule has 2 aromatic rings. The highest BCUT2D eigenvalue weighted by Crippen LogP contribution is 2.29. The van der Waals surface area contributed by atoms with Gasteiger partial charge in [0.15, 0.2) is 5.82 Å². The fraction of sp³-hybridized carbons (Fsp3) is 0.125. The van der Waals surface area contributed by atoms with Gasteiger partial charge in [0.2, 0.25) is 0 Å². The van der Waals surface area contributed by atoms with Crippen LogP contribution in [-0.4, -0.2) is 17.3 Å². The van der Waals surface area contributed by atoms with Crippen LogP contribution in [0.1, 0.15) is 0 Å². The molecule has 0 aliphatic heterocycles. The summed E-state index contributed by atoms with van der Waals surface area (Å²) < 4.78 is 17.9. The van der Waals surface area contributed by atoms with Crippen molar-refractivity contribution in [3.05, 3.63) is 17.9 Å². The molecule has 0 spiro atoms. The largest absolute Gasteiger partial charge is 0.496 e. The molecule has 2 rings (SSSR count). The number of aromatic nitrogens is 2. The van der Waals surface area contributed by atoms with Gasteiger partial charge in [0, 0.05) is 6.07 Å². The van der Waals surface area contributed by atoms with E-state index in [1.54, 1.807) is 0 Å². The maximum Gasteiger partial charge on any atom is 0.156 e. The Hall–Kier alpha value is -1.78. The normalized spacial score (nSPS) is 10.6. The smallest absolute Gasteiger partial charge is 0.156 e. The predicted octanol–water partition coefficient (Wildman–Crippen LogP) is 1.29. The van der Waals surface area contributed by atoms with Crippen LogP contribution in [0.15, 0.2) is 12.1 Å². The van der Waals surface area contributed by atoms with E-state index in [-0.39, 0.29) is 5.82 Å². The molecule has 1 heterocycles. The molecule has 0 aliphatic carbocycles. The van der Waals surface area contributed by atoms with Gasteiger partial charge in [0.1, 0.15) is 11.6 Å². The van der Waals surface area contributed by atoms with Gasteiger partial charge in [0.05, 0.1) is 18.0 Å². The number of fused-ring (bicyclic) bond motifs is 1. The molecule has 0 radical (unpaired) electrons. The summed E-state index contributed by atoms with van der Waals surface area (Å²) in [5.74, 6) is 0.320. The minimum absolute atomic E-state index is 0.312. The lowest BCUT2D eigenvalue weighted by atomic mass is 10.2. The number of methoxy groups -OCH3 is 1. The second-order valence-corrected chi connectivity index (χ2v) is 2.64. The number of nitrogen functional groups attached to an aromatic ring is 1. The molecule has 0 bridgehead atoms. The summed E-state index contributed by atoms with van der Waals surface area (Å²) in [4.78, 5) is 0. The lowest BCUT2D eigenvalue weighted by Crippen LogP contribution is -1.89. The Balaban J connectivity index is 2.85. The third-order valence-corrected chi connectivity index (χ3v) is 1.84. The van der Waals surface area contributed by atoms with Crippen LogP contribution in [0.25, 0.3) is 10.9 Å². The van der Waals surface area contributed by atoms with Crippen LogP contribution in [0.4, 0.5) is 10.2 Å². The Kier molecular flexibility index (Phi) is 1.58. The molecule has 0 saturated carbocycles. The van der Waals surface area contributed by atoms with E-state index >= 15 is 0 Å². The number of nitrogens with zero attached hydrogens (tertiary/aromatic N) is 1. The van der Waals surface area contributed by atoms with Crippen LogP contribution in [0, 0.1) is 5.82 Å². The van der Waals surface area contributed by atoms with E-state index in [2.05, 4.69) is 10.2 Å². The number of hydrogen-bond donors (Lipinski definition) is 2. The number of nitrogens with one attached hydrogen (secondary N) is 1. The molecule has 3 N–H and O–H groups in total. The standard InChI is InChI=1S/C8H8FN3O/c1-13-6-3-4(9)2-5-7(6)8(10)12-11-5/h2-3H,1H3,(H3,10,11,12). The molecule has 13 heavy (non-hydrogen) atoms. The van der Waals surface area contributed by atoms with Crippen LogP contribution < -0.4 is 10.5 Å². The van der Waals surface area contributed by atoms with Crippen molar-refractivity contribution in [2.24, 2.45) is 0 Å². The van der Waals surface area contributed by atoms with E-state index in [1.807, 2.05) is 0 Å². The van der Waals surface area contributed by atoms with Gasteiger partial charge in [0.25, 0.3) is 0 Å². The number of H-pyrrole nitrogens is 1. The van der Waals surface area contributed by atoms with Crippen LogP contribution in [0.3, 0.4) is 0 Å². The van der Waals surface area contributed by atoms with E-state index in [0.717, 1.165) is 0 Å². The van der Waals surface area contributed by atoms with Crippen LogP contribution in [0.5, 0.6) is 5.75 Å². The van der Waals surface area contributed by atoms with E-state index in [9.17, 15) is 4.39 Å². The monoisotopic (exact) mass is 181 g/mol. The second-order valence-electron chi connectivity index (χ2n) is 2.64. The molecule has 0 atom stereocenters. The molecular formula is C8H8FN3O. The zero-order valence-electron chi connectivity index (χ0n) is 6.97. The Morgan fingerprint density at radius 2 is 2.31 bits per heavy atom. The summed E-state index contributed by atoms with van der Waals surface area (Å²) in [5.41, 5.74) is 6.09. The third kappa shape index (κ3) is 1.09. The quantitative estimate of drug-likeness (QED) is 0.696. The molecule has 0 aliphatic rings. The van der Waals surface area contributed by atoms with Crippen molar-refractivity contribution in [3.8, 4) is 5.75 Å². The minimum Gasteiger partial charge on any atom is -0.496 e. The first kappa shape index (κ1) is 7.85. The van der Waals surface area contributed by atoms with Crippen LogP contribution in [0.2, 0.25) is 0 Å². The molecule has 0 saturated heterocycles. The van der Waals surface area contributed by atoms with Gasteiger partial charge in [-0.05, 0) is 6.07 Å². The summed E-state index contributed by atoms with van der Waals surface area (Å²) in [5, 5.41) is 6.97. The molecule has 5 heteroatoms. The fourth-order valence-corrected chi connectivity index (χ4v) is 1.27. The van der Waals surface area contributed by atoms with E-state index in [0.29, 0.717) is 22.5 Å².